The van der Waals surface area contributed by atoms with Crippen LogP contribution in [0.2, 0.25) is 0 Å². The number of rotatable bonds is 2. The van der Waals surface area contributed by atoms with Crippen molar-refractivity contribution in [1.29, 1.82) is 0 Å². The highest BCUT2D eigenvalue weighted by molar-refractivity contribution is 5.93. The fraction of sp³-hybridized carbons (Fsp3) is 0. The van der Waals surface area contributed by atoms with E-state index < -0.39 is 0 Å². The molecule has 6 nitrogen and oxygen atoms in total. The van der Waals surface area contributed by atoms with Gasteiger partial charge in [0.15, 0.2) is 0 Å². The monoisotopic (exact) mass is 277 g/mol. The first kappa shape index (κ1) is 11.7. The van der Waals surface area contributed by atoms with Crippen molar-refractivity contribution in [3.8, 4) is 22.8 Å². The minimum absolute atomic E-state index is 0.417. The van der Waals surface area contributed by atoms with E-state index in [2.05, 4.69) is 20.1 Å². The number of aromatic amines is 1. The standard InChI is InChI=1S/C15H11N5O/c16-13-8-9(4-6-18-13)15-19-14(20-21-15)11-2-1-3-12-10(11)5-7-17-12/h1-8,17H,(H2,16,18). The second-order valence-corrected chi connectivity index (χ2v) is 4.64. The molecule has 0 aliphatic rings. The molecule has 0 radical (unpaired) electrons. The Labute approximate surface area is 119 Å². The van der Waals surface area contributed by atoms with E-state index in [4.69, 9.17) is 10.3 Å². The Balaban J connectivity index is 1.83. The van der Waals surface area contributed by atoms with Crippen LogP contribution in [0.15, 0.2) is 53.3 Å². The highest BCUT2D eigenvalue weighted by atomic mass is 16.5. The molecule has 3 aromatic heterocycles. The fourth-order valence-corrected chi connectivity index (χ4v) is 2.31. The maximum absolute atomic E-state index is 5.67. The van der Waals surface area contributed by atoms with Crippen LogP contribution < -0.4 is 5.73 Å². The van der Waals surface area contributed by atoms with Crippen LogP contribution in [0.3, 0.4) is 0 Å². The lowest BCUT2D eigenvalue weighted by molar-refractivity contribution is 0.432. The van der Waals surface area contributed by atoms with Crippen LogP contribution in [-0.4, -0.2) is 20.1 Å². The second-order valence-electron chi connectivity index (χ2n) is 4.64. The Morgan fingerprint density at radius 2 is 2.10 bits per heavy atom. The number of benzene rings is 1. The van der Waals surface area contributed by atoms with Crippen LogP contribution >= 0.6 is 0 Å². The molecule has 0 bridgehead atoms. The molecule has 0 saturated heterocycles. The van der Waals surface area contributed by atoms with E-state index in [1.54, 1.807) is 18.3 Å². The average Bonchev–Trinajstić information content (AvgIpc) is 3.16. The number of nitrogen functional groups attached to an aromatic ring is 1. The topological polar surface area (TPSA) is 93.6 Å². The molecule has 3 heterocycles. The number of hydrogen-bond acceptors (Lipinski definition) is 5. The molecule has 3 N–H and O–H groups in total. The summed E-state index contributed by atoms with van der Waals surface area (Å²) in [5.41, 5.74) is 8.38. The second kappa shape index (κ2) is 4.45. The van der Waals surface area contributed by atoms with Crippen LogP contribution in [0.4, 0.5) is 5.82 Å². The van der Waals surface area contributed by atoms with Gasteiger partial charge < -0.3 is 15.2 Å². The Hall–Kier alpha value is -3.15. The number of aromatic nitrogens is 4. The summed E-state index contributed by atoms with van der Waals surface area (Å²) >= 11 is 0. The first-order valence-corrected chi connectivity index (χ1v) is 6.43. The van der Waals surface area contributed by atoms with Crippen molar-refractivity contribution in [2.45, 2.75) is 0 Å². The van der Waals surface area contributed by atoms with E-state index >= 15 is 0 Å². The van der Waals surface area contributed by atoms with Crippen molar-refractivity contribution in [1.82, 2.24) is 20.1 Å². The molecule has 21 heavy (non-hydrogen) atoms. The molecular formula is C15H11N5O. The molecule has 4 aromatic rings. The van der Waals surface area contributed by atoms with Crippen molar-refractivity contribution >= 4 is 16.7 Å². The molecule has 0 amide bonds. The van der Waals surface area contributed by atoms with Crippen LogP contribution in [0.25, 0.3) is 33.7 Å². The fourth-order valence-electron chi connectivity index (χ4n) is 2.31. The van der Waals surface area contributed by atoms with E-state index in [-0.39, 0.29) is 0 Å². The SMILES string of the molecule is Nc1cc(-c2nc(-c3cccc4[nH]ccc34)no2)ccn1. The third-order valence-corrected chi connectivity index (χ3v) is 3.29. The van der Waals surface area contributed by atoms with Crippen LogP contribution in [0.1, 0.15) is 0 Å². The summed E-state index contributed by atoms with van der Waals surface area (Å²) in [5, 5.41) is 5.12. The molecule has 0 saturated carbocycles. The normalized spacial score (nSPS) is 11.0. The number of nitrogens with zero attached hydrogens (tertiary/aromatic N) is 3. The van der Waals surface area contributed by atoms with E-state index in [0.29, 0.717) is 17.5 Å². The summed E-state index contributed by atoms with van der Waals surface area (Å²) < 4.78 is 5.33. The van der Waals surface area contributed by atoms with Crippen LogP contribution in [-0.2, 0) is 0 Å². The number of H-pyrrole nitrogens is 1. The number of anilines is 1. The van der Waals surface area contributed by atoms with Gasteiger partial charge in [0.1, 0.15) is 5.82 Å². The zero-order valence-electron chi connectivity index (χ0n) is 10.9. The molecular weight excluding hydrogens is 266 g/mol. The van der Waals surface area contributed by atoms with Gasteiger partial charge in [0.2, 0.25) is 5.82 Å². The molecule has 0 aliphatic carbocycles. The third kappa shape index (κ3) is 1.93. The quantitative estimate of drug-likeness (QED) is 0.587. The van der Waals surface area contributed by atoms with Crippen molar-refractivity contribution in [3.05, 3.63) is 48.8 Å². The summed E-state index contributed by atoms with van der Waals surface area (Å²) in [7, 11) is 0. The third-order valence-electron chi connectivity index (χ3n) is 3.29. The van der Waals surface area contributed by atoms with Gasteiger partial charge in [-0.15, -0.1) is 0 Å². The van der Waals surface area contributed by atoms with Gasteiger partial charge in [0, 0.05) is 34.4 Å². The molecule has 0 fully saturated rings. The predicted octanol–water partition coefficient (Wildman–Crippen LogP) is 2.86. The van der Waals surface area contributed by atoms with E-state index in [1.165, 1.54) is 0 Å². The van der Waals surface area contributed by atoms with Crippen LogP contribution in [0.5, 0.6) is 0 Å². The minimum atomic E-state index is 0.417. The Bertz CT molecular complexity index is 924. The van der Waals surface area contributed by atoms with Gasteiger partial charge in [-0.05, 0) is 24.3 Å². The maximum Gasteiger partial charge on any atom is 0.258 e. The zero-order chi connectivity index (χ0) is 14.2. The lowest BCUT2D eigenvalue weighted by Crippen LogP contribution is -1.89. The largest absolute Gasteiger partial charge is 0.384 e. The van der Waals surface area contributed by atoms with Crippen molar-refractivity contribution in [2.75, 3.05) is 5.73 Å². The van der Waals surface area contributed by atoms with Gasteiger partial charge >= 0.3 is 0 Å². The zero-order valence-corrected chi connectivity index (χ0v) is 10.9. The molecule has 4 rings (SSSR count). The number of fused-ring (bicyclic) bond motifs is 1. The summed E-state index contributed by atoms with van der Waals surface area (Å²) in [4.78, 5) is 11.6. The summed E-state index contributed by atoms with van der Waals surface area (Å²) in [5.74, 6) is 1.39. The Morgan fingerprint density at radius 1 is 1.14 bits per heavy atom. The Kier molecular flexibility index (Phi) is 2.47. The van der Waals surface area contributed by atoms with Gasteiger partial charge in [-0.25, -0.2) is 4.98 Å². The van der Waals surface area contributed by atoms with Crippen molar-refractivity contribution in [3.63, 3.8) is 0 Å². The number of pyridine rings is 1. The van der Waals surface area contributed by atoms with Gasteiger partial charge in [-0.1, -0.05) is 17.3 Å². The molecule has 0 atom stereocenters. The van der Waals surface area contributed by atoms with E-state index in [9.17, 15) is 0 Å². The van der Waals surface area contributed by atoms with Gasteiger partial charge in [0.05, 0.1) is 0 Å². The maximum atomic E-state index is 5.67. The average molecular weight is 277 g/mol. The smallest absolute Gasteiger partial charge is 0.258 e. The number of hydrogen-bond donors (Lipinski definition) is 2. The molecule has 102 valence electrons. The van der Waals surface area contributed by atoms with E-state index in [1.807, 2.05) is 30.5 Å². The highest BCUT2D eigenvalue weighted by Crippen LogP contribution is 2.28. The summed E-state index contributed by atoms with van der Waals surface area (Å²) in [6.07, 6.45) is 3.50. The molecule has 1 aromatic carbocycles. The lowest BCUT2D eigenvalue weighted by atomic mass is 10.1. The minimum Gasteiger partial charge on any atom is -0.384 e. The summed E-state index contributed by atoms with van der Waals surface area (Å²) in [6.45, 7) is 0. The van der Waals surface area contributed by atoms with Gasteiger partial charge in [0.25, 0.3) is 5.89 Å². The molecule has 0 spiro atoms. The number of nitrogens with one attached hydrogen (secondary N) is 1. The molecule has 0 unspecified atom stereocenters. The van der Waals surface area contributed by atoms with E-state index in [0.717, 1.165) is 22.0 Å². The first-order valence-electron chi connectivity index (χ1n) is 6.43. The van der Waals surface area contributed by atoms with Gasteiger partial charge in [-0.2, -0.15) is 4.98 Å². The first-order chi connectivity index (χ1) is 10.3. The summed E-state index contributed by atoms with van der Waals surface area (Å²) in [6, 6.07) is 11.4. The van der Waals surface area contributed by atoms with Crippen LogP contribution in [0, 0.1) is 0 Å². The van der Waals surface area contributed by atoms with Gasteiger partial charge in [-0.3, -0.25) is 0 Å². The molecule has 0 aliphatic heterocycles. The predicted molar refractivity (Wildman–Crippen MR) is 79.2 cm³/mol. The molecule has 6 heteroatoms. The lowest BCUT2D eigenvalue weighted by Gasteiger charge is -1.97. The number of nitrogens with two attached hydrogens (primary N) is 1. The van der Waals surface area contributed by atoms with Crippen molar-refractivity contribution in [2.24, 2.45) is 0 Å². The Morgan fingerprint density at radius 3 is 3.00 bits per heavy atom. The van der Waals surface area contributed by atoms with Crippen molar-refractivity contribution < 1.29 is 4.52 Å². The highest BCUT2D eigenvalue weighted by Gasteiger charge is 2.13.